The maximum absolute atomic E-state index is 10.3. The van der Waals surface area contributed by atoms with Gasteiger partial charge in [-0.2, -0.15) is 0 Å². The smallest absolute Gasteiger partial charge is 0.247 e. The van der Waals surface area contributed by atoms with E-state index in [4.69, 9.17) is 21.1 Å². The van der Waals surface area contributed by atoms with Crippen molar-refractivity contribution in [1.29, 1.82) is 0 Å². The Kier molecular flexibility index (Phi) is 3.83. The molecule has 0 N–H and O–H groups in total. The summed E-state index contributed by atoms with van der Waals surface area (Å²) in [5.41, 5.74) is 0. The summed E-state index contributed by atoms with van der Waals surface area (Å²) in [6.07, 6.45) is 1.89. The number of carbonyl (C=O) groups is 1. The van der Waals surface area contributed by atoms with Crippen molar-refractivity contribution < 1.29 is 14.3 Å². The Hall–Kier alpha value is -0.120. The molecule has 1 saturated heterocycles. The van der Waals surface area contributed by atoms with E-state index in [1.165, 1.54) is 0 Å². The average Bonchev–Trinajstić information content (AvgIpc) is 2.03. The van der Waals surface area contributed by atoms with Gasteiger partial charge in [0.05, 0.1) is 6.10 Å². The minimum absolute atomic E-state index is 0.0201. The van der Waals surface area contributed by atoms with Crippen LogP contribution in [0, 0.1) is 0 Å². The molecule has 0 radical (unpaired) electrons. The van der Waals surface area contributed by atoms with Crippen LogP contribution in [0.25, 0.3) is 0 Å². The van der Waals surface area contributed by atoms with E-state index >= 15 is 0 Å². The van der Waals surface area contributed by atoms with Crippen LogP contribution < -0.4 is 0 Å². The molecule has 0 aromatic heterocycles. The minimum atomic E-state index is -0.434. The van der Waals surface area contributed by atoms with E-state index in [0.717, 1.165) is 26.1 Å². The summed E-state index contributed by atoms with van der Waals surface area (Å²) in [6, 6.07) is 0. The summed E-state index contributed by atoms with van der Waals surface area (Å²) in [6.45, 7) is 1.47. The zero-order valence-electron chi connectivity index (χ0n) is 6.22. The third kappa shape index (κ3) is 3.70. The monoisotopic (exact) mass is 178 g/mol. The maximum Gasteiger partial charge on any atom is 0.247 e. The molecule has 0 bridgehead atoms. The Balaban J connectivity index is 2.09. The van der Waals surface area contributed by atoms with Gasteiger partial charge in [0.25, 0.3) is 0 Å². The second-order valence-corrected chi connectivity index (χ2v) is 2.90. The standard InChI is InChI=1S/C7H11ClO3/c8-7(9)5-11-6-1-3-10-4-2-6/h6H,1-5H2. The van der Waals surface area contributed by atoms with Crippen LogP contribution >= 0.6 is 11.6 Å². The van der Waals surface area contributed by atoms with Crippen molar-refractivity contribution in [3.05, 3.63) is 0 Å². The first-order chi connectivity index (χ1) is 5.29. The van der Waals surface area contributed by atoms with Crippen molar-refractivity contribution in [2.45, 2.75) is 18.9 Å². The average molecular weight is 179 g/mol. The van der Waals surface area contributed by atoms with E-state index < -0.39 is 5.24 Å². The zero-order valence-corrected chi connectivity index (χ0v) is 6.97. The highest BCUT2D eigenvalue weighted by atomic mass is 35.5. The molecule has 1 aliphatic heterocycles. The number of hydrogen-bond donors (Lipinski definition) is 0. The molecule has 4 heteroatoms. The highest BCUT2D eigenvalue weighted by molar-refractivity contribution is 6.63. The van der Waals surface area contributed by atoms with Gasteiger partial charge in [-0.1, -0.05) is 0 Å². The van der Waals surface area contributed by atoms with E-state index in [1.54, 1.807) is 0 Å². The van der Waals surface area contributed by atoms with Crippen LogP contribution in [-0.4, -0.2) is 31.2 Å². The molecule has 0 aliphatic carbocycles. The number of halogens is 1. The Morgan fingerprint density at radius 1 is 1.55 bits per heavy atom. The van der Waals surface area contributed by atoms with Crippen LogP contribution in [0.4, 0.5) is 0 Å². The van der Waals surface area contributed by atoms with Crippen molar-refractivity contribution >= 4 is 16.8 Å². The molecule has 0 unspecified atom stereocenters. The molecule has 0 saturated carbocycles. The lowest BCUT2D eigenvalue weighted by Crippen LogP contribution is -2.24. The van der Waals surface area contributed by atoms with Crippen LogP contribution in [-0.2, 0) is 14.3 Å². The van der Waals surface area contributed by atoms with Gasteiger partial charge in [0.1, 0.15) is 6.61 Å². The first kappa shape index (κ1) is 8.97. The van der Waals surface area contributed by atoms with Gasteiger partial charge in [0, 0.05) is 13.2 Å². The van der Waals surface area contributed by atoms with Crippen molar-refractivity contribution in [3.8, 4) is 0 Å². The van der Waals surface area contributed by atoms with E-state index in [1.807, 2.05) is 0 Å². The lowest BCUT2D eigenvalue weighted by Gasteiger charge is -2.21. The van der Waals surface area contributed by atoms with Gasteiger partial charge in [0.15, 0.2) is 0 Å². The van der Waals surface area contributed by atoms with Crippen LogP contribution in [0.15, 0.2) is 0 Å². The second kappa shape index (κ2) is 4.70. The Labute approximate surface area is 70.6 Å². The Bertz CT molecular complexity index is 132. The number of carbonyl (C=O) groups excluding carboxylic acids is 1. The van der Waals surface area contributed by atoms with Crippen LogP contribution in [0.3, 0.4) is 0 Å². The van der Waals surface area contributed by atoms with Crippen molar-refractivity contribution in [2.75, 3.05) is 19.8 Å². The topological polar surface area (TPSA) is 35.5 Å². The van der Waals surface area contributed by atoms with E-state index in [2.05, 4.69) is 0 Å². The summed E-state index contributed by atoms with van der Waals surface area (Å²) in [7, 11) is 0. The van der Waals surface area contributed by atoms with Gasteiger partial charge in [-0.3, -0.25) is 4.79 Å². The number of hydrogen-bond acceptors (Lipinski definition) is 3. The van der Waals surface area contributed by atoms with Crippen molar-refractivity contribution in [2.24, 2.45) is 0 Å². The fraction of sp³-hybridized carbons (Fsp3) is 0.857. The molecule has 11 heavy (non-hydrogen) atoms. The van der Waals surface area contributed by atoms with E-state index in [0.29, 0.717) is 0 Å². The lowest BCUT2D eigenvalue weighted by atomic mass is 10.2. The molecule has 0 atom stereocenters. The largest absolute Gasteiger partial charge is 0.381 e. The van der Waals surface area contributed by atoms with Gasteiger partial charge in [0.2, 0.25) is 5.24 Å². The van der Waals surface area contributed by atoms with Crippen molar-refractivity contribution in [3.63, 3.8) is 0 Å². The fourth-order valence-corrected chi connectivity index (χ4v) is 1.09. The minimum Gasteiger partial charge on any atom is -0.381 e. The molecule has 1 heterocycles. The molecular formula is C7H11ClO3. The first-order valence-electron chi connectivity index (χ1n) is 3.66. The molecule has 1 fully saturated rings. The van der Waals surface area contributed by atoms with Gasteiger partial charge in [-0.05, 0) is 24.4 Å². The molecule has 64 valence electrons. The van der Waals surface area contributed by atoms with Gasteiger partial charge >= 0.3 is 0 Å². The fourth-order valence-electron chi connectivity index (χ4n) is 1.03. The normalized spacial score (nSPS) is 20.1. The van der Waals surface area contributed by atoms with Gasteiger partial charge < -0.3 is 9.47 Å². The summed E-state index contributed by atoms with van der Waals surface area (Å²) in [4.78, 5) is 10.3. The van der Waals surface area contributed by atoms with Crippen molar-refractivity contribution in [1.82, 2.24) is 0 Å². The Morgan fingerprint density at radius 3 is 2.73 bits per heavy atom. The van der Waals surface area contributed by atoms with Crippen LogP contribution in [0.5, 0.6) is 0 Å². The van der Waals surface area contributed by atoms with Gasteiger partial charge in [-0.25, -0.2) is 0 Å². The van der Waals surface area contributed by atoms with E-state index in [-0.39, 0.29) is 12.7 Å². The van der Waals surface area contributed by atoms with Crippen LogP contribution in [0.1, 0.15) is 12.8 Å². The predicted molar refractivity (Wildman–Crippen MR) is 40.7 cm³/mol. The highest BCUT2D eigenvalue weighted by Gasteiger charge is 2.14. The summed E-state index contributed by atoms with van der Waals surface area (Å²) < 4.78 is 10.3. The Morgan fingerprint density at radius 2 is 2.18 bits per heavy atom. The number of ether oxygens (including phenoxy) is 2. The predicted octanol–water partition coefficient (Wildman–Crippen LogP) is 0.947. The van der Waals surface area contributed by atoms with Gasteiger partial charge in [-0.15, -0.1) is 0 Å². The molecule has 1 aliphatic rings. The molecule has 0 spiro atoms. The lowest BCUT2D eigenvalue weighted by molar-refractivity contribution is -0.120. The zero-order chi connectivity index (χ0) is 8.10. The third-order valence-corrected chi connectivity index (χ3v) is 1.71. The quantitative estimate of drug-likeness (QED) is 0.604. The summed E-state index contributed by atoms with van der Waals surface area (Å²) >= 11 is 5.10. The summed E-state index contributed by atoms with van der Waals surface area (Å²) in [5.74, 6) is 0. The number of rotatable bonds is 3. The molecule has 0 amide bonds. The maximum atomic E-state index is 10.3. The first-order valence-corrected chi connectivity index (χ1v) is 4.04. The SMILES string of the molecule is O=C(Cl)COC1CCOCC1. The molecule has 0 aromatic rings. The molecule has 3 nitrogen and oxygen atoms in total. The molecule has 0 aromatic carbocycles. The summed E-state index contributed by atoms with van der Waals surface area (Å²) in [5, 5.41) is -0.434. The van der Waals surface area contributed by atoms with Crippen LogP contribution in [0.2, 0.25) is 0 Å². The highest BCUT2D eigenvalue weighted by Crippen LogP contribution is 2.10. The molecule has 1 rings (SSSR count). The second-order valence-electron chi connectivity index (χ2n) is 2.48. The van der Waals surface area contributed by atoms with E-state index in [9.17, 15) is 4.79 Å². The molecular weight excluding hydrogens is 168 g/mol. The third-order valence-electron chi connectivity index (χ3n) is 1.60.